The first-order valence-corrected chi connectivity index (χ1v) is 21.0. The summed E-state index contributed by atoms with van der Waals surface area (Å²) in [7, 11) is 0. The van der Waals surface area contributed by atoms with Crippen molar-refractivity contribution in [1.82, 2.24) is 5.32 Å². The molecule has 1 aliphatic heterocycles. The molecule has 12 rings (SSSR count). The summed E-state index contributed by atoms with van der Waals surface area (Å²) >= 11 is 0. The molecule has 0 fully saturated rings. The fourth-order valence-corrected chi connectivity index (χ4v) is 10.1. The molecule has 2 atom stereocenters. The lowest BCUT2D eigenvalue weighted by molar-refractivity contribution is 0.548. The van der Waals surface area contributed by atoms with Crippen LogP contribution in [0.2, 0.25) is 0 Å². The van der Waals surface area contributed by atoms with E-state index in [1.807, 2.05) is 36.4 Å². The molecule has 6 aromatic carbocycles. The quantitative estimate of drug-likeness (QED) is 0.190. The maximum absolute atomic E-state index is 6.90. The molecule has 2 heterocycles. The molecule has 0 bridgehead atoms. The second kappa shape index (κ2) is 13.8. The van der Waals surface area contributed by atoms with Gasteiger partial charge in [-0.05, 0) is 86.9 Å². The van der Waals surface area contributed by atoms with Crippen LogP contribution in [0.1, 0.15) is 76.1 Å². The standard InChI is InChI=1S/C55H41N3O/c1-3-14-35(15-4-1)53-56-54(36-16-5-2-6-17-36)58-55(57-53)37-28-26-34(27-29-37)47-33-49-51-39(24-13-25-50(51)59-52(49)46-23-12-11-22-44(46)47)38-30-31-45-42-20-8-7-18-40(42)41-19-9-10-21-43(41)48(45)32-38/h1-9,11-12,14-20,22-24,26-33,40,42,55H,10,13,21,25H2,(H,56,57,58). The molecule has 4 nitrogen and oxygen atoms in total. The number of fused-ring (bicyclic) bond motifs is 10. The van der Waals surface area contributed by atoms with Gasteiger partial charge in [-0.1, -0.05) is 164 Å². The van der Waals surface area contributed by atoms with Crippen molar-refractivity contribution in [1.29, 1.82) is 0 Å². The predicted molar refractivity (Wildman–Crippen MR) is 243 cm³/mol. The van der Waals surface area contributed by atoms with Crippen LogP contribution in [-0.4, -0.2) is 11.7 Å². The van der Waals surface area contributed by atoms with E-state index in [0.717, 1.165) is 76.3 Å². The van der Waals surface area contributed by atoms with Crippen molar-refractivity contribution in [2.45, 2.75) is 37.8 Å². The third kappa shape index (κ3) is 5.66. The fourth-order valence-electron chi connectivity index (χ4n) is 10.1. The summed E-state index contributed by atoms with van der Waals surface area (Å²) in [6.45, 7) is 0. The highest BCUT2D eigenvalue weighted by Gasteiger charge is 2.34. The van der Waals surface area contributed by atoms with Crippen LogP contribution in [0, 0.1) is 5.92 Å². The summed E-state index contributed by atoms with van der Waals surface area (Å²) in [5.74, 6) is 3.51. The van der Waals surface area contributed by atoms with Gasteiger partial charge in [0.1, 0.15) is 23.0 Å². The number of allylic oxidation sites excluding steroid dienone is 9. The molecule has 0 radical (unpaired) electrons. The lowest BCUT2D eigenvalue weighted by Gasteiger charge is -2.36. The largest absolute Gasteiger partial charge is 0.460 e. The smallest absolute Gasteiger partial charge is 0.169 e. The second-order valence-electron chi connectivity index (χ2n) is 16.2. The monoisotopic (exact) mass is 759 g/mol. The summed E-state index contributed by atoms with van der Waals surface area (Å²) < 4.78 is 6.90. The Morgan fingerprint density at radius 1 is 0.576 bits per heavy atom. The first-order chi connectivity index (χ1) is 29.2. The molecule has 7 aromatic rings. The molecule has 282 valence electrons. The summed E-state index contributed by atoms with van der Waals surface area (Å²) in [4.78, 5) is 10.3. The Kier molecular flexibility index (Phi) is 7.97. The van der Waals surface area contributed by atoms with Gasteiger partial charge in [-0.3, -0.25) is 0 Å². The first-order valence-electron chi connectivity index (χ1n) is 21.0. The number of rotatable bonds is 5. The molecular formula is C55H41N3O. The van der Waals surface area contributed by atoms with Gasteiger partial charge in [0.15, 0.2) is 6.17 Å². The first kappa shape index (κ1) is 34.0. The van der Waals surface area contributed by atoms with Crippen molar-refractivity contribution in [2.24, 2.45) is 15.9 Å². The second-order valence-corrected chi connectivity index (χ2v) is 16.2. The number of nitrogens with one attached hydrogen (secondary N) is 1. The highest BCUT2D eigenvalue weighted by molar-refractivity contribution is 6.16. The molecule has 4 heteroatoms. The number of aryl methyl sites for hydroxylation is 1. The zero-order valence-electron chi connectivity index (χ0n) is 32.6. The van der Waals surface area contributed by atoms with Gasteiger partial charge in [0, 0.05) is 45.7 Å². The number of hydrogen-bond acceptors (Lipinski definition) is 4. The number of hydrogen-bond donors (Lipinski definition) is 1. The van der Waals surface area contributed by atoms with Crippen LogP contribution in [0.25, 0.3) is 44.0 Å². The number of furan rings is 1. The summed E-state index contributed by atoms with van der Waals surface area (Å²) in [5.41, 5.74) is 16.1. The van der Waals surface area contributed by atoms with Gasteiger partial charge in [-0.15, -0.1) is 0 Å². The normalized spacial score (nSPS) is 19.4. The van der Waals surface area contributed by atoms with Crippen LogP contribution in [-0.2, 0) is 6.42 Å². The molecule has 4 aliphatic carbocycles. The highest BCUT2D eigenvalue weighted by Crippen LogP contribution is 2.51. The highest BCUT2D eigenvalue weighted by atomic mass is 16.3. The van der Waals surface area contributed by atoms with Crippen molar-refractivity contribution in [3.8, 4) is 11.1 Å². The van der Waals surface area contributed by atoms with Crippen molar-refractivity contribution >= 4 is 44.6 Å². The fraction of sp³-hybridized carbons (Fsp3) is 0.127. The summed E-state index contributed by atoms with van der Waals surface area (Å²) in [5, 5.41) is 7.01. The minimum atomic E-state index is -0.381. The third-order valence-electron chi connectivity index (χ3n) is 12.9. The van der Waals surface area contributed by atoms with Crippen molar-refractivity contribution in [3.63, 3.8) is 0 Å². The van der Waals surface area contributed by atoms with Crippen molar-refractivity contribution < 1.29 is 4.42 Å². The summed E-state index contributed by atoms with van der Waals surface area (Å²) in [6.07, 6.45) is 20.1. The van der Waals surface area contributed by atoms with E-state index in [1.54, 1.807) is 0 Å². The van der Waals surface area contributed by atoms with Crippen LogP contribution >= 0.6 is 0 Å². The Morgan fingerprint density at radius 2 is 1.27 bits per heavy atom. The van der Waals surface area contributed by atoms with Crippen LogP contribution in [0.4, 0.5) is 0 Å². The SMILES string of the molecule is C1=CC2C3=C(CCC=C3)c3cc(C4=CCCc5oc6c(cc(-c7ccc(C8N=C(c9ccccc9)NC(c9ccccc9)=N8)cc7)c7ccccc76)c54)ccc3C2C=C1. The van der Waals surface area contributed by atoms with Gasteiger partial charge in [0.05, 0.1) is 0 Å². The molecule has 0 spiro atoms. The van der Waals surface area contributed by atoms with Crippen molar-refractivity contribution in [2.75, 3.05) is 0 Å². The Balaban J connectivity index is 0.958. The minimum absolute atomic E-state index is 0.377. The van der Waals surface area contributed by atoms with Crippen LogP contribution in [0.5, 0.6) is 0 Å². The van der Waals surface area contributed by atoms with E-state index in [0.29, 0.717) is 11.8 Å². The van der Waals surface area contributed by atoms with Crippen LogP contribution < -0.4 is 5.32 Å². The van der Waals surface area contributed by atoms with Crippen LogP contribution in [0.15, 0.2) is 196 Å². The Morgan fingerprint density at radius 3 is 2.03 bits per heavy atom. The zero-order valence-corrected chi connectivity index (χ0v) is 32.6. The Labute approximate surface area is 344 Å². The van der Waals surface area contributed by atoms with Gasteiger partial charge in [-0.25, -0.2) is 9.98 Å². The maximum atomic E-state index is 6.90. The zero-order chi connectivity index (χ0) is 38.9. The lowest BCUT2D eigenvalue weighted by atomic mass is 9.67. The molecule has 0 amide bonds. The van der Waals surface area contributed by atoms with Gasteiger partial charge in [-0.2, -0.15) is 0 Å². The Hall–Kier alpha value is -7.04. The van der Waals surface area contributed by atoms with Gasteiger partial charge in [0.2, 0.25) is 0 Å². The number of benzene rings is 6. The van der Waals surface area contributed by atoms with Gasteiger partial charge in [0.25, 0.3) is 0 Å². The van der Waals surface area contributed by atoms with Crippen LogP contribution in [0.3, 0.4) is 0 Å². The van der Waals surface area contributed by atoms with Crippen molar-refractivity contribution in [3.05, 3.63) is 226 Å². The topological polar surface area (TPSA) is 49.9 Å². The molecule has 0 saturated carbocycles. The lowest BCUT2D eigenvalue weighted by Crippen LogP contribution is -2.35. The van der Waals surface area contributed by atoms with E-state index < -0.39 is 0 Å². The molecular weight excluding hydrogens is 719 g/mol. The van der Waals surface area contributed by atoms with E-state index in [4.69, 9.17) is 14.4 Å². The number of amidine groups is 2. The van der Waals surface area contributed by atoms with E-state index in [2.05, 4.69) is 145 Å². The third-order valence-corrected chi connectivity index (χ3v) is 12.9. The van der Waals surface area contributed by atoms with Gasteiger partial charge >= 0.3 is 0 Å². The molecule has 2 unspecified atom stereocenters. The molecule has 0 saturated heterocycles. The maximum Gasteiger partial charge on any atom is 0.169 e. The molecule has 1 aromatic heterocycles. The van der Waals surface area contributed by atoms with Gasteiger partial charge < -0.3 is 9.73 Å². The Bertz CT molecular complexity index is 3010. The average molecular weight is 760 g/mol. The number of aliphatic imine (C=N–C) groups is 2. The molecule has 5 aliphatic rings. The number of nitrogens with zero attached hydrogens (tertiary/aromatic N) is 2. The minimum Gasteiger partial charge on any atom is -0.460 e. The van der Waals surface area contributed by atoms with E-state index in [1.165, 1.54) is 55.3 Å². The summed E-state index contributed by atoms with van der Waals surface area (Å²) in [6, 6.07) is 47.8. The average Bonchev–Trinajstić information content (AvgIpc) is 3.71. The molecule has 59 heavy (non-hydrogen) atoms. The molecule has 1 N–H and O–H groups in total. The van der Waals surface area contributed by atoms with E-state index in [9.17, 15) is 0 Å². The van der Waals surface area contributed by atoms with E-state index in [-0.39, 0.29) is 6.17 Å². The van der Waals surface area contributed by atoms with E-state index >= 15 is 0 Å². The predicted octanol–water partition coefficient (Wildman–Crippen LogP) is 13.1.